The highest BCUT2D eigenvalue weighted by molar-refractivity contribution is 5.95. The Hall–Kier alpha value is -2.49. The van der Waals surface area contributed by atoms with Gasteiger partial charge < -0.3 is 15.2 Å². The van der Waals surface area contributed by atoms with E-state index >= 15 is 0 Å². The Morgan fingerprint density at radius 1 is 1.09 bits per heavy atom. The molecule has 2 aromatic carbocycles. The van der Waals surface area contributed by atoms with Gasteiger partial charge in [0.05, 0.1) is 17.9 Å². The van der Waals surface area contributed by atoms with Gasteiger partial charge in [0, 0.05) is 6.54 Å². The van der Waals surface area contributed by atoms with Gasteiger partial charge in [-0.25, -0.2) is 4.79 Å². The lowest BCUT2D eigenvalue weighted by Gasteiger charge is -2.12. The van der Waals surface area contributed by atoms with Crippen LogP contribution in [0.1, 0.15) is 34.3 Å². The summed E-state index contributed by atoms with van der Waals surface area (Å²) in [5.74, 6) is -0.0190. The van der Waals surface area contributed by atoms with Crippen LogP contribution in [0, 0.1) is 13.8 Å². The van der Waals surface area contributed by atoms with E-state index in [0.29, 0.717) is 17.9 Å². The number of anilines is 1. The minimum Gasteiger partial charge on any atom is -0.494 e. The SMILES string of the molecule is Cc1ccc(OCCCCNc2c(C)cccc2C(=O)O)cc1. The van der Waals surface area contributed by atoms with Crippen LogP contribution in [0.2, 0.25) is 0 Å². The van der Waals surface area contributed by atoms with Crippen LogP contribution >= 0.6 is 0 Å². The lowest BCUT2D eigenvalue weighted by Crippen LogP contribution is -2.10. The molecule has 23 heavy (non-hydrogen) atoms. The monoisotopic (exact) mass is 313 g/mol. The van der Waals surface area contributed by atoms with Crippen molar-refractivity contribution in [3.8, 4) is 5.75 Å². The van der Waals surface area contributed by atoms with Crippen LogP contribution in [-0.4, -0.2) is 24.2 Å². The van der Waals surface area contributed by atoms with Crippen molar-refractivity contribution in [3.05, 3.63) is 59.2 Å². The van der Waals surface area contributed by atoms with Gasteiger partial charge in [0.25, 0.3) is 0 Å². The Morgan fingerprint density at radius 2 is 1.83 bits per heavy atom. The first-order valence-electron chi connectivity index (χ1n) is 7.84. The molecule has 2 aromatic rings. The number of hydrogen-bond donors (Lipinski definition) is 2. The third-order valence-corrected chi connectivity index (χ3v) is 3.67. The number of aryl methyl sites for hydroxylation is 2. The van der Waals surface area contributed by atoms with E-state index in [1.165, 1.54) is 5.56 Å². The number of unbranched alkanes of at least 4 members (excludes halogenated alkanes) is 1. The fraction of sp³-hybridized carbons (Fsp3) is 0.316. The second-order valence-electron chi connectivity index (χ2n) is 5.60. The molecule has 0 bridgehead atoms. The first-order valence-corrected chi connectivity index (χ1v) is 7.84. The third kappa shape index (κ3) is 5.02. The second kappa shape index (κ2) is 8.22. The number of benzene rings is 2. The molecule has 0 fully saturated rings. The summed E-state index contributed by atoms with van der Waals surface area (Å²) in [4.78, 5) is 11.2. The normalized spacial score (nSPS) is 10.3. The molecule has 0 unspecified atom stereocenters. The lowest BCUT2D eigenvalue weighted by molar-refractivity contribution is 0.0698. The summed E-state index contributed by atoms with van der Waals surface area (Å²) in [5, 5.41) is 12.4. The zero-order valence-corrected chi connectivity index (χ0v) is 13.6. The van der Waals surface area contributed by atoms with E-state index in [4.69, 9.17) is 4.74 Å². The van der Waals surface area contributed by atoms with E-state index in [2.05, 4.69) is 5.32 Å². The number of nitrogens with one attached hydrogen (secondary N) is 1. The van der Waals surface area contributed by atoms with Crippen LogP contribution in [0.5, 0.6) is 5.75 Å². The van der Waals surface area contributed by atoms with E-state index in [9.17, 15) is 9.90 Å². The average Bonchev–Trinajstić information content (AvgIpc) is 2.53. The van der Waals surface area contributed by atoms with Crippen LogP contribution in [0.15, 0.2) is 42.5 Å². The van der Waals surface area contributed by atoms with Crippen LogP contribution in [-0.2, 0) is 0 Å². The summed E-state index contributed by atoms with van der Waals surface area (Å²) < 4.78 is 5.68. The maximum Gasteiger partial charge on any atom is 0.337 e. The Balaban J connectivity index is 1.74. The quantitative estimate of drug-likeness (QED) is 0.714. The fourth-order valence-corrected chi connectivity index (χ4v) is 2.35. The van der Waals surface area contributed by atoms with Gasteiger partial charge in [-0.05, 0) is 50.5 Å². The summed E-state index contributed by atoms with van der Waals surface area (Å²) >= 11 is 0. The number of ether oxygens (including phenoxy) is 1. The molecule has 4 nitrogen and oxygen atoms in total. The summed E-state index contributed by atoms with van der Waals surface area (Å²) in [5.41, 5.74) is 3.19. The molecular formula is C19H23NO3. The predicted molar refractivity (Wildman–Crippen MR) is 92.5 cm³/mol. The van der Waals surface area contributed by atoms with Crippen molar-refractivity contribution in [2.24, 2.45) is 0 Å². The van der Waals surface area contributed by atoms with Crippen LogP contribution < -0.4 is 10.1 Å². The highest BCUT2D eigenvalue weighted by Crippen LogP contribution is 2.20. The zero-order valence-electron chi connectivity index (χ0n) is 13.6. The van der Waals surface area contributed by atoms with Gasteiger partial charge in [0.2, 0.25) is 0 Å². The molecule has 0 amide bonds. The molecule has 0 aliphatic heterocycles. The van der Waals surface area contributed by atoms with Gasteiger partial charge in [0.1, 0.15) is 5.75 Å². The van der Waals surface area contributed by atoms with Crippen LogP contribution in [0.4, 0.5) is 5.69 Å². The van der Waals surface area contributed by atoms with E-state index in [1.54, 1.807) is 12.1 Å². The van der Waals surface area contributed by atoms with E-state index in [0.717, 1.165) is 30.7 Å². The summed E-state index contributed by atoms with van der Waals surface area (Å²) in [6.45, 7) is 5.34. The molecule has 0 aromatic heterocycles. The number of carboxylic acid groups (broad SMARTS) is 1. The van der Waals surface area contributed by atoms with Crippen molar-refractivity contribution in [2.75, 3.05) is 18.5 Å². The van der Waals surface area contributed by atoms with Crippen molar-refractivity contribution >= 4 is 11.7 Å². The van der Waals surface area contributed by atoms with Crippen molar-refractivity contribution in [1.29, 1.82) is 0 Å². The standard InChI is InChI=1S/C19H23NO3/c1-14-8-10-16(11-9-14)23-13-4-3-12-20-18-15(2)6-5-7-17(18)19(21)22/h5-11,20H,3-4,12-13H2,1-2H3,(H,21,22). The minimum atomic E-state index is -0.904. The maximum absolute atomic E-state index is 11.2. The second-order valence-corrected chi connectivity index (χ2v) is 5.60. The van der Waals surface area contributed by atoms with Crippen molar-refractivity contribution in [1.82, 2.24) is 0 Å². The number of hydrogen-bond acceptors (Lipinski definition) is 3. The zero-order chi connectivity index (χ0) is 16.7. The van der Waals surface area contributed by atoms with Crippen LogP contribution in [0.25, 0.3) is 0 Å². The average molecular weight is 313 g/mol. The molecule has 0 heterocycles. The van der Waals surface area contributed by atoms with E-state index in [1.807, 2.05) is 44.2 Å². The lowest BCUT2D eigenvalue weighted by atomic mass is 10.1. The molecule has 0 saturated carbocycles. The molecule has 0 radical (unpaired) electrons. The number of aromatic carboxylic acids is 1. The van der Waals surface area contributed by atoms with E-state index < -0.39 is 5.97 Å². The predicted octanol–water partition coefficient (Wildman–Crippen LogP) is 4.27. The van der Waals surface area contributed by atoms with Crippen molar-refractivity contribution in [2.45, 2.75) is 26.7 Å². The largest absolute Gasteiger partial charge is 0.494 e. The first kappa shape index (κ1) is 16.9. The van der Waals surface area contributed by atoms with Gasteiger partial charge in [-0.1, -0.05) is 29.8 Å². The highest BCUT2D eigenvalue weighted by atomic mass is 16.5. The Bertz CT molecular complexity index is 650. The number of para-hydroxylation sites is 1. The topological polar surface area (TPSA) is 58.6 Å². The summed E-state index contributed by atoms with van der Waals surface area (Å²) in [6, 6.07) is 13.3. The smallest absolute Gasteiger partial charge is 0.337 e. The van der Waals surface area contributed by atoms with Gasteiger partial charge >= 0.3 is 5.97 Å². The molecule has 4 heteroatoms. The molecule has 2 N–H and O–H groups in total. The Morgan fingerprint density at radius 3 is 2.52 bits per heavy atom. The summed E-state index contributed by atoms with van der Waals surface area (Å²) in [7, 11) is 0. The number of rotatable bonds is 8. The molecule has 0 atom stereocenters. The number of carbonyl (C=O) groups is 1. The highest BCUT2D eigenvalue weighted by Gasteiger charge is 2.10. The fourth-order valence-electron chi connectivity index (χ4n) is 2.35. The number of carboxylic acids is 1. The Labute approximate surface area is 137 Å². The van der Waals surface area contributed by atoms with Gasteiger partial charge in [-0.2, -0.15) is 0 Å². The molecular weight excluding hydrogens is 290 g/mol. The maximum atomic E-state index is 11.2. The van der Waals surface area contributed by atoms with Gasteiger partial charge in [-0.15, -0.1) is 0 Å². The first-order chi connectivity index (χ1) is 11.1. The molecule has 0 saturated heterocycles. The summed E-state index contributed by atoms with van der Waals surface area (Å²) in [6.07, 6.45) is 1.83. The molecule has 2 rings (SSSR count). The van der Waals surface area contributed by atoms with E-state index in [-0.39, 0.29) is 0 Å². The molecule has 0 aliphatic rings. The molecule has 0 spiro atoms. The van der Waals surface area contributed by atoms with Crippen LogP contribution in [0.3, 0.4) is 0 Å². The van der Waals surface area contributed by atoms with Gasteiger partial charge in [-0.3, -0.25) is 0 Å². The molecule has 0 aliphatic carbocycles. The minimum absolute atomic E-state index is 0.320. The van der Waals surface area contributed by atoms with Crippen molar-refractivity contribution < 1.29 is 14.6 Å². The Kier molecular flexibility index (Phi) is 6.03. The van der Waals surface area contributed by atoms with Crippen molar-refractivity contribution in [3.63, 3.8) is 0 Å². The van der Waals surface area contributed by atoms with Gasteiger partial charge in [0.15, 0.2) is 0 Å². The molecule has 122 valence electrons. The third-order valence-electron chi connectivity index (χ3n) is 3.67.